The minimum Gasteiger partial charge on any atom is -0.396 e. The molecule has 23 heavy (non-hydrogen) atoms. The van der Waals surface area contributed by atoms with Gasteiger partial charge in [-0.25, -0.2) is 0 Å². The fourth-order valence-corrected chi connectivity index (χ4v) is 3.47. The number of hydrogen-bond acceptors (Lipinski definition) is 3. The fraction of sp³-hybridized carbons (Fsp3) is 0.474. The Kier molecular flexibility index (Phi) is 4.62. The molecule has 1 fully saturated rings. The zero-order chi connectivity index (χ0) is 16.4. The summed E-state index contributed by atoms with van der Waals surface area (Å²) in [4.78, 5) is 17.3. The number of fused-ring (bicyclic) bond motifs is 1. The molecule has 1 saturated carbocycles. The van der Waals surface area contributed by atoms with Crippen LogP contribution in [0.2, 0.25) is 0 Å². The predicted molar refractivity (Wildman–Crippen MR) is 91.5 cm³/mol. The number of carbonyl (C=O) groups is 1. The average Bonchev–Trinajstić information content (AvgIpc) is 2.54. The minimum atomic E-state index is -0.0807. The van der Waals surface area contributed by atoms with Crippen molar-refractivity contribution in [1.82, 2.24) is 10.3 Å². The Hall–Kier alpha value is -1.94. The lowest BCUT2D eigenvalue weighted by molar-refractivity contribution is 0.0872. The molecule has 1 aliphatic carbocycles. The van der Waals surface area contributed by atoms with E-state index in [0.717, 1.165) is 47.8 Å². The number of hydrogen-bond donors (Lipinski definition) is 2. The molecule has 1 amide bonds. The summed E-state index contributed by atoms with van der Waals surface area (Å²) >= 11 is 0. The third kappa shape index (κ3) is 3.37. The first-order valence-corrected chi connectivity index (χ1v) is 8.38. The van der Waals surface area contributed by atoms with E-state index in [0.29, 0.717) is 5.56 Å². The molecule has 2 N–H and O–H groups in total. The minimum absolute atomic E-state index is 0.0642. The Morgan fingerprint density at radius 1 is 1.26 bits per heavy atom. The van der Waals surface area contributed by atoms with Crippen molar-refractivity contribution in [2.45, 2.75) is 45.6 Å². The highest BCUT2D eigenvalue weighted by Crippen LogP contribution is 2.25. The Morgan fingerprint density at radius 3 is 2.83 bits per heavy atom. The average molecular weight is 312 g/mol. The largest absolute Gasteiger partial charge is 0.396 e. The number of aliphatic hydroxyl groups excluding tert-OH is 1. The van der Waals surface area contributed by atoms with Crippen molar-refractivity contribution < 1.29 is 9.90 Å². The van der Waals surface area contributed by atoms with Crippen molar-refractivity contribution in [3.63, 3.8) is 0 Å². The molecule has 122 valence electrons. The van der Waals surface area contributed by atoms with E-state index in [2.05, 4.69) is 10.3 Å². The molecular formula is C19H24N2O2. The summed E-state index contributed by atoms with van der Waals surface area (Å²) < 4.78 is 0. The third-order valence-electron chi connectivity index (χ3n) is 4.87. The molecule has 0 radical (unpaired) electrons. The highest BCUT2D eigenvalue weighted by Gasteiger charge is 2.26. The van der Waals surface area contributed by atoms with Gasteiger partial charge in [-0.15, -0.1) is 0 Å². The Labute approximate surface area is 136 Å². The zero-order valence-electron chi connectivity index (χ0n) is 13.8. The van der Waals surface area contributed by atoms with Gasteiger partial charge >= 0.3 is 0 Å². The van der Waals surface area contributed by atoms with E-state index in [1.54, 1.807) is 0 Å². The van der Waals surface area contributed by atoms with Gasteiger partial charge in [-0.2, -0.15) is 0 Å². The summed E-state index contributed by atoms with van der Waals surface area (Å²) in [6, 6.07) is 8.06. The van der Waals surface area contributed by atoms with Gasteiger partial charge in [-0.1, -0.05) is 25.0 Å². The van der Waals surface area contributed by atoms with E-state index in [4.69, 9.17) is 0 Å². The van der Waals surface area contributed by atoms with Crippen molar-refractivity contribution in [3.05, 3.63) is 41.1 Å². The number of aliphatic hydroxyl groups is 1. The molecule has 1 aliphatic rings. The fourth-order valence-electron chi connectivity index (χ4n) is 3.47. The zero-order valence-corrected chi connectivity index (χ0v) is 13.8. The molecule has 0 bridgehead atoms. The van der Waals surface area contributed by atoms with Gasteiger partial charge in [0.2, 0.25) is 0 Å². The van der Waals surface area contributed by atoms with Crippen LogP contribution in [0.1, 0.15) is 47.3 Å². The first-order valence-electron chi connectivity index (χ1n) is 8.38. The standard InChI is InChI=1S/C19H24N2O2/c1-12-7-8-14-10-16(13(2)20-18(14)9-12)19(23)21-17-6-4-3-5-15(17)11-22/h7-10,15,17,22H,3-6,11H2,1-2H3,(H,21,23). The molecule has 3 rings (SSSR count). The van der Waals surface area contributed by atoms with Gasteiger partial charge in [0, 0.05) is 24.0 Å². The number of nitrogens with zero attached hydrogens (tertiary/aromatic N) is 1. The van der Waals surface area contributed by atoms with Gasteiger partial charge in [-0.3, -0.25) is 9.78 Å². The molecule has 4 heteroatoms. The highest BCUT2D eigenvalue weighted by molar-refractivity contribution is 5.98. The van der Waals surface area contributed by atoms with Crippen LogP contribution in [0.15, 0.2) is 24.3 Å². The number of benzene rings is 1. The summed E-state index contributed by atoms with van der Waals surface area (Å²) in [6.45, 7) is 4.05. The van der Waals surface area contributed by atoms with Crippen LogP contribution in [0.3, 0.4) is 0 Å². The van der Waals surface area contributed by atoms with Crippen LogP contribution in [0.5, 0.6) is 0 Å². The van der Waals surface area contributed by atoms with Crippen LogP contribution in [0.4, 0.5) is 0 Å². The van der Waals surface area contributed by atoms with Crippen LogP contribution in [-0.4, -0.2) is 28.6 Å². The summed E-state index contributed by atoms with van der Waals surface area (Å²) in [5.74, 6) is 0.0897. The van der Waals surface area contributed by atoms with Gasteiger partial charge in [0.25, 0.3) is 5.91 Å². The van der Waals surface area contributed by atoms with Crippen LogP contribution in [0.25, 0.3) is 10.9 Å². The maximum absolute atomic E-state index is 12.7. The quantitative estimate of drug-likeness (QED) is 0.915. The van der Waals surface area contributed by atoms with Gasteiger partial charge in [0.15, 0.2) is 0 Å². The molecule has 4 nitrogen and oxygen atoms in total. The van der Waals surface area contributed by atoms with E-state index in [1.165, 1.54) is 0 Å². The molecule has 1 aromatic heterocycles. The Morgan fingerprint density at radius 2 is 2.04 bits per heavy atom. The van der Waals surface area contributed by atoms with E-state index >= 15 is 0 Å². The molecule has 0 saturated heterocycles. The second-order valence-electron chi connectivity index (χ2n) is 6.62. The van der Waals surface area contributed by atoms with Gasteiger partial charge in [0.05, 0.1) is 16.8 Å². The van der Waals surface area contributed by atoms with Crippen LogP contribution in [0, 0.1) is 19.8 Å². The normalized spacial score (nSPS) is 21.3. The predicted octanol–water partition coefficient (Wildman–Crippen LogP) is 3.13. The lowest BCUT2D eigenvalue weighted by Gasteiger charge is -2.31. The monoisotopic (exact) mass is 312 g/mol. The van der Waals surface area contributed by atoms with Gasteiger partial charge in [0.1, 0.15) is 0 Å². The number of aromatic nitrogens is 1. The number of nitrogens with one attached hydrogen (secondary N) is 1. The number of aryl methyl sites for hydroxylation is 2. The van der Waals surface area contributed by atoms with Gasteiger partial charge in [-0.05, 0) is 44.4 Å². The van der Waals surface area contributed by atoms with Crippen molar-refractivity contribution in [2.75, 3.05) is 6.61 Å². The van der Waals surface area contributed by atoms with Crippen molar-refractivity contribution in [1.29, 1.82) is 0 Å². The molecule has 2 aromatic rings. The molecule has 2 atom stereocenters. The van der Waals surface area contributed by atoms with Crippen LogP contribution >= 0.6 is 0 Å². The SMILES string of the molecule is Cc1ccc2cc(C(=O)NC3CCCCC3CO)c(C)nc2c1. The van der Waals surface area contributed by atoms with E-state index in [9.17, 15) is 9.90 Å². The molecule has 2 unspecified atom stereocenters. The smallest absolute Gasteiger partial charge is 0.253 e. The second-order valence-corrected chi connectivity index (χ2v) is 6.62. The summed E-state index contributed by atoms with van der Waals surface area (Å²) in [5, 5.41) is 13.6. The van der Waals surface area contributed by atoms with E-state index in [1.807, 2.05) is 38.1 Å². The maximum Gasteiger partial charge on any atom is 0.253 e. The number of carbonyl (C=O) groups excluding carboxylic acids is 1. The first-order chi connectivity index (χ1) is 11.1. The first kappa shape index (κ1) is 15.9. The summed E-state index contributed by atoms with van der Waals surface area (Å²) in [6.07, 6.45) is 4.16. The number of amides is 1. The van der Waals surface area contributed by atoms with Crippen molar-refractivity contribution in [3.8, 4) is 0 Å². The van der Waals surface area contributed by atoms with E-state index < -0.39 is 0 Å². The van der Waals surface area contributed by atoms with Gasteiger partial charge < -0.3 is 10.4 Å². The topological polar surface area (TPSA) is 62.2 Å². The highest BCUT2D eigenvalue weighted by atomic mass is 16.3. The summed E-state index contributed by atoms with van der Waals surface area (Å²) in [5.41, 5.74) is 3.46. The third-order valence-corrected chi connectivity index (χ3v) is 4.87. The van der Waals surface area contributed by atoms with Crippen LogP contribution < -0.4 is 5.32 Å². The molecule has 1 heterocycles. The number of pyridine rings is 1. The molecule has 0 aliphatic heterocycles. The molecule has 0 spiro atoms. The number of rotatable bonds is 3. The molecule has 1 aromatic carbocycles. The van der Waals surface area contributed by atoms with Crippen molar-refractivity contribution >= 4 is 16.8 Å². The molecular weight excluding hydrogens is 288 g/mol. The lowest BCUT2D eigenvalue weighted by Crippen LogP contribution is -2.43. The van der Waals surface area contributed by atoms with E-state index in [-0.39, 0.29) is 24.5 Å². The second kappa shape index (κ2) is 6.67. The summed E-state index contributed by atoms with van der Waals surface area (Å²) in [7, 11) is 0. The lowest BCUT2D eigenvalue weighted by atomic mass is 9.85. The maximum atomic E-state index is 12.7. The van der Waals surface area contributed by atoms with Crippen LogP contribution in [-0.2, 0) is 0 Å². The Bertz CT molecular complexity index is 727. The Balaban J connectivity index is 1.85. The van der Waals surface area contributed by atoms with Crippen molar-refractivity contribution in [2.24, 2.45) is 5.92 Å².